The van der Waals surface area contributed by atoms with Crippen molar-refractivity contribution in [3.05, 3.63) is 45.9 Å². The van der Waals surface area contributed by atoms with Crippen LogP contribution in [0.1, 0.15) is 29.1 Å². The predicted octanol–water partition coefficient (Wildman–Crippen LogP) is 4.05. The van der Waals surface area contributed by atoms with Gasteiger partial charge in [-0.05, 0) is 25.1 Å². The van der Waals surface area contributed by atoms with Crippen LogP contribution in [0.3, 0.4) is 0 Å². The van der Waals surface area contributed by atoms with Crippen LogP contribution in [0.15, 0.2) is 34.8 Å². The van der Waals surface area contributed by atoms with Gasteiger partial charge in [-0.25, -0.2) is 4.98 Å². The Morgan fingerprint density at radius 3 is 2.70 bits per heavy atom. The summed E-state index contributed by atoms with van der Waals surface area (Å²) in [6, 6.07) is 2.58. The number of aromatic nitrogens is 1. The highest BCUT2D eigenvalue weighted by Crippen LogP contribution is 2.32. The largest absolute Gasteiger partial charge is 0.507 e. The third-order valence-electron chi connectivity index (χ3n) is 2.60. The topological polar surface area (TPSA) is 45.5 Å². The number of benzene rings is 1. The Morgan fingerprint density at radius 2 is 2.15 bits per heavy atom. The fourth-order valence-corrected chi connectivity index (χ4v) is 2.17. The first-order valence-corrected chi connectivity index (χ1v) is 6.58. The van der Waals surface area contributed by atoms with Crippen molar-refractivity contribution in [3.63, 3.8) is 0 Å². The van der Waals surface area contributed by atoms with Gasteiger partial charge in [0, 0.05) is 23.4 Å². The normalized spacial score (nSPS) is 13.8. The molecule has 1 heterocycles. The van der Waals surface area contributed by atoms with Crippen molar-refractivity contribution in [1.82, 2.24) is 4.98 Å². The highest BCUT2D eigenvalue weighted by molar-refractivity contribution is 7.09. The van der Waals surface area contributed by atoms with Crippen molar-refractivity contribution >= 4 is 17.6 Å². The Kier molecular flexibility index (Phi) is 4.08. The molecule has 1 unspecified atom stereocenters. The molecule has 0 radical (unpaired) electrons. The molecule has 20 heavy (non-hydrogen) atoms. The number of phenolic OH excluding ortho intramolecular Hbond substituents is 1. The number of hydrogen-bond acceptors (Lipinski definition) is 4. The lowest BCUT2D eigenvalue weighted by atomic mass is 10.1. The minimum Gasteiger partial charge on any atom is -0.507 e. The molecule has 1 aromatic carbocycles. The zero-order valence-corrected chi connectivity index (χ0v) is 11.2. The van der Waals surface area contributed by atoms with E-state index in [4.69, 9.17) is 0 Å². The Labute approximate surface area is 117 Å². The monoisotopic (exact) mass is 300 g/mol. The predicted molar refractivity (Wildman–Crippen MR) is 71.2 cm³/mol. The Morgan fingerprint density at radius 1 is 1.40 bits per heavy atom. The average Bonchev–Trinajstić information content (AvgIpc) is 2.89. The maximum Gasteiger partial charge on any atom is 0.416 e. The van der Waals surface area contributed by atoms with Gasteiger partial charge in [-0.3, -0.25) is 4.99 Å². The van der Waals surface area contributed by atoms with Crippen molar-refractivity contribution in [3.8, 4) is 5.75 Å². The van der Waals surface area contributed by atoms with Gasteiger partial charge in [-0.15, -0.1) is 11.3 Å². The summed E-state index contributed by atoms with van der Waals surface area (Å²) in [6.07, 6.45) is -1.47. The Balaban J connectivity index is 2.18. The average molecular weight is 300 g/mol. The van der Waals surface area contributed by atoms with Crippen LogP contribution in [-0.2, 0) is 6.18 Å². The van der Waals surface area contributed by atoms with Crippen LogP contribution < -0.4 is 0 Å². The van der Waals surface area contributed by atoms with Gasteiger partial charge in [0.25, 0.3) is 0 Å². The van der Waals surface area contributed by atoms with Crippen LogP contribution >= 0.6 is 11.3 Å². The number of alkyl halides is 3. The van der Waals surface area contributed by atoms with E-state index in [1.165, 1.54) is 23.6 Å². The van der Waals surface area contributed by atoms with Crippen molar-refractivity contribution in [2.45, 2.75) is 19.1 Å². The number of halogens is 3. The molecule has 0 saturated carbocycles. The van der Waals surface area contributed by atoms with Gasteiger partial charge >= 0.3 is 6.18 Å². The number of aliphatic imine (C=N–C) groups is 1. The summed E-state index contributed by atoms with van der Waals surface area (Å²) in [5.74, 6) is -0.449. The number of aromatic hydroxyl groups is 1. The molecule has 106 valence electrons. The van der Waals surface area contributed by atoms with Crippen LogP contribution in [0.25, 0.3) is 0 Å². The maximum absolute atomic E-state index is 12.4. The van der Waals surface area contributed by atoms with Crippen molar-refractivity contribution in [1.29, 1.82) is 0 Å². The van der Waals surface area contributed by atoms with E-state index < -0.39 is 17.5 Å². The molecule has 1 atom stereocenters. The van der Waals surface area contributed by atoms with Crippen LogP contribution in [0.4, 0.5) is 13.2 Å². The fourth-order valence-electron chi connectivity index (χ4n) is 1.53. The quantitative estimate of drug-likeness (QED) is 0.869. The summed E-state index contributed by atoms with van der Waals surface area (Å²) in [6.45, 7) is 1.82. The summed E-state index contributed by atoms with van der Waals surface area (Å²) < 4.78 is 37.3. The summed E-state index contributed by atoms with van der Waals surface area (Å²) in [5.41, 5.74) is -0.651. The van der Waals surface area contributed by atoms with E-state index in [2.05, 4.69) is 9.98 Å². The van der Waals surface area contributed by atoms with E-state index in [0.29, 0.717) is 6.07 Å². The van der Waals surface area contributed by atoms with Gasteiger partial charge in [0.1, 0.15) is 10.8 Å². The first kappa shape index (κ1) is 14.5. The van der Waals surface area contributed by atoms with E-state index in [0.717, 1.165) is 11.1 Å². The van der Waals surface area contributed by atoms with Crippen molar-refractivity contribution in [2.75, 3.05) is 0 Å². The van der Waals surface area contributed by atoms with Gasteiger partial charge in [0.2, 0.25) is 0 Å². The molecule has 0 spiro atoms. The molecule has 1 N–H and O–H groups in total. The maximum atomic E-state index is 12.4. The van der Waals surface area contributed by atoms with Gasteiger partial charge in [0.05, 0.1) is 11.6 Å². The second-order valence-electron chi connectivity index (χ2n) is 4.10. The zero-order valence-electron chi connectivity index (χ0n) is 10.4. The van der Waals surface area contributed by atoms with Crippen LogP contribution in [-0.4, -0.2) is 16.3 Å². The van der Waals surface area contributed by atoms with E-state index in [1.807, 2.05) is 12.3 Å². The Bertz CT molecular complexity index is 609. The van der Waals surface area contributed by atoms with E-state index >= 15 is 0 Å². The molecule has 0 aliphatic carbocycles. The number of thiazole rings is 1. The highest BCUT2D eigenvalue weighted by atomic mass is 32.1. The highest BCUT2D eigenvalue weighted by Gasteiger charge is 2.30. The Hall–Kier alpha value is -1.89. The molecule has 0 bridgehead atoms. The smallest absolute Gasteiger partial charge is 0.416 e. The second-order valence-corrected chi connectivity index (χ2v) is 5.02. The van der Waals surface area contributed by atoms with Gasteiger partial charge in [0.15, 0.2) is 0 Å². The van der Waals surface area contributed by atoms with Gasteiger partial charge in [-0.1, -0.05) is 0 Å². The van der Waals surface area contributed by atoms with Crippen LogP contribution in [0.5, 0.6) is 5.75 Å². The summed E-state index contributed by atoms with van der Waals surface area (Å²) in [7, 11) is 0. The number of rotatable bonds is 3. The van der Waals surface area contributed by atoms with Gasteiger partial charge in [-0.2, -0.15) is 13.2 Å². The molecular formula is C13H11F3N2OS. The fraction of sp³-hybridized carbons (Fsp3) is 0.231. The summed E-state index contributed by atoms with van der Waals surface area (Å²) in [4.78, 5) is 8.26. The summed E-state index contributed by atoms with van der Waals surface area (Å²) in [5, 5.41) is 12.2. The number of nitrogens with zero attached hydrogens (tertiary/aromatic N) is 2. The molecule has 2 rings (SSSR count). The van der Waals surface area contributed by atoms with E-state index in [1.54, 1.807) is 6.20 Å². The van der Waals surface area contributed by atoms with Crippen molar-refractivity contribution < 1.29 is 18.3 Å². The SMILES string of the molecule is CC(N=Cc1ccc(C(F)(F)F)cc1O)c1nccs1. The second kappa shape index (κ2) is 5.62. The molecule has 2 aromatic rings. The van der Waals surface area contributed by atoms with Crippen LogP contribution in [0.2, 0.25) is 0 Å². The third-order valence-corrected chi connectivity index (χ3v) is 3.55. The van der Waals surface area contributed by atoms with Gasteiger partial charge < -0.3 is 5.11 Å². The molecule has 0 fully saturated rings. The molecular weight excluding hydrogens is 289 g/mol. The van der Waals surface area contributed by atoms with Crippen LogP contribution in [0, 0.1) is 0 Å². The molecule has 0 aliphatic heterocycles. The molecule has 0 saturated heterocycles. The summed E-state index contributed by atoms with van der Waals surface area (Å²) >= 11 is 1.44. The molecule has 1 aromatic heterocycles. The lowest BCUT2D eigenvalue weighted by Crippen LogP contribution is -2.04. The molecule has 0 amide bonds. The minimum absolute atomic E-state index is 0.211. The molecule has 0 aliphatic rings. The number of phenols is 1. The first-order chi connectivity index (χ1) is 9.38. The zero-order chi connectivity index (χ0) is 14.8. The molecule has 3 nitrogen and oxygen atoms in total. The third kappa shape index (κ3) is 3.36. The minimum atomic E-state index is -4.47. The standard InChI is InChI=1S/C13H11F3N2OS/c1-8(12-17-4-5-20-12)18-7-9-2-3-10(6-11(9)19)13(14,15)16/h2-8,19H,1H3. The van der Waals surface area contributed by atoms with Crippen molar-refractivity contribution in [2.24, 2.45) is 4.99 Å². The lowest BCUT2D eigenvalue weighted by Gasteiger charge is -2.08. The number of hydrogen-bond donors (Lipinski definition) is 1. The van der Waals surface area contributed by atoms with E-state index in [-0.39, 0.29) is 11.6 Å². The molecule has 7 heteroatoms. The first-order valence-electron chi connectivity index (χ1n) is 5.70. The lowest BCUT2D eigenvalue weighted by molar-refractivity contribution is -0.137. The van der Waals surface area contributed by atoms with E-state index in [9.17, 15) is 18.3 Å².